The molecule has 0 aromatic carbocycles. The number of nitrogens with two attached hydrogens (primary N) is 1. The Hall–Kier alpha value is -1.41. The maximum absolute atomic E-state index is 11.3. The van der Waals surface area contributed by atoms with Gasteiger partial charge in [-0.2, -0.15) is 0 Å². The molecule has 0 saturated heterocycles. The van der Waals surface area contributed by atoms with E-state index in [0.29, 0.717) is 5.00 Å². The number of imide groups is 1. The monoisotopic (exact) mass is 305 g/mol. The van der Waals surface area contributed by atoms with Crippen molar-refractivity contribution in [3.63, 3.8) is 0 Å². The van der Waals surface area contributed by atoms with Gasteiger partial charge in [0.1, 0.15) is 0 Å². The number of carbonyl (C=O) groups is 3. The molecule has 1 aromatic rings. The minimum Gasteiger partial charge on any atom is -0.351 e. The predicted octanol–water partition coefficient (Wildman–Crippen LogP) is 0.890. The van der Waals surface area contributed by atoms with Gasteiger partial charge in [-0.25, -0.2) is 4.79 Å². The van der Waals surface area contributed by atoms with E-state index in [2.05, 4.69) is 21.2 Å². The van der Waals surface area contributed by atoms with Gasteiger partial charge in [0, 0.05) is 5.38 Å². The average molecular weight is 306 g/mol. The Morgan fingerprint density at radius 1 is 1.44 bits per heavy atom. The van der Waals surface area contributed by atoms with Gasteiger partial charge >= 0.3 is 6.03 Å². The summed E-state index contributed by atoms with van der Waals surface area (Å²) in [5, 5.41) is 6.70. The van der Waals surface area contributed by atoms with Gasteiger partial charge in [-0.1, -0.05) is 15.9 Å². The first-order valence-corrected chi connectivity index (χ1v) is 6.08. The van der Waals surface area contributed by atoms with E-state index in [1.165, 1.54) is 22.8 Å². The zero-order valence-electron chi connectivity index (χ0n) is 7.95. The summed E-state index contributed by atoms with van der Waals surface area (Å²) in [4.78, 5) is 32.7. The van der Waals surface area contributed by atoms with E-state index >= 15 is 0 Å². The number of hydrogen-bond acceptors (Lipinski definition) is 4. The molecule has 0 aliphatic heterocycles. The molecule has 86 valence electrons. The fraction of sp³-hybridized carbons (Fsp3) is 0.125. The van der Waals surface area contributed by atoms with E-state index in [0.717, 1.165) is 0 Å². The van der Waals surface area contributed by atoms with Crippen LogP contribution in [0.15, 0.2) is 11.4 Å². The number of amides is 4. The first kappa shape index (κ1) is 12.7. The van der Waals surface area contributed by atoms with Crippen LogP contribution >= 0.6 is 27.3 Å². The zero-order chi connectivity index (χ0) is 12.1. The Morgan fingerprint density at radius 2 is 2.12 bits per heavy atom. The van der Waals surface area contributed by atoms with Gasteiger partial charge in [0.05, 0.1) is 15.9 Å². The summed E-state index contributed by atoms with van der Waals surface area (Å²) in [5.41, 5.74) is 5.07. The van der Waals surface area contributed by atoms with Crippen LogP contribution in [0.3, 0.4) is 0 Å². The van der Waals surface area contributed by atoms with Crippen LogP contribution in [0.4, 0.5) is 9.80 Å². The fourth-order valence-corrected chi connectivity index (χ4v) is 1.81. The highest BCUT2D eigenvalue weighted by molar-refractivity contribution is 9.09. The summed E-state index contributed by atoms with van der Waals surface area (Å²) in [6.45, 7) is 0. The molecule has 0 spiro atoms. The standard InChI is InChI=1S/C8H8BrN3O3S/c9-2-5(13)11-6-1-4(3-16-6)7(14)12-8(10)15/h1,3H,2H2,(H,11,13)(H3,10,12,14,15). The third-order valence-corrected chi connectivity index (χ3v) is 2.84. The van der Waals surface area contributed by atoms with Crippen molar-refractivity contribution in [2.75, 3.05) is 10.6 Å². The van der Waals surface area contributed by atoms with Gasteiger partial charge in [0.15, 0.2) is 0 Å². The van der Waals surface area contributed by atoms with Crippen molar-refractivity contribution in [3.05, 3.63) is 17.0 Å². The zero-order valence-corrected chi connectivity index (χ0v) is 10.4. The lowest BCUT2D eigenvalue weighted by atomic mass is 10.3. The molecular formula is C8H8BrN3O3S. The summed E-state index contributed by atoms with van der Waals surface area (Å²) in [7, 11) is 0. The molecular weight excluding hydrogens is 298 g/mol. The number of thiophene rings is 1. The second-order valence-corrected chi connectivity index (χ2v) is 4.17. The molecule has 0 bridgehead atoms. The number of anilines is 1. The Balaban J connectivity index is 2.67. The Kier molecular flexibility index (Phi) is 4.44. The highest BCUT2D eigenvalue weighted by atomic mass is 79.9. The largest absolute Gasteiger partial charge is 0.351 e. The number of hydrogen-bond donors (Lipinski definition) is 3. The van der Waals surface area contributed by atoms with Crippen LogP contribution in [-0.2, 0) is 4.79 Å². The van der Waals surface area contributed by atoms with Gasteiger partial charge in [0.25, 0.3) is 5.91 Å². The molecule has 0 aliphatic carbocycles. The lowest BCUT2D eigenvalue weighted by Crippen LogP contribution is -2.34. The molecule has 6 nitrogen and oxygen atoms in total. The summed E-state index contributed by atoms with van der Waals surface area (Å²) in [5.74, 6) is -0.813. The van der Waals surface area contributed by atoms with Crippen LogP contribution in [0.5, 0.6) is 0 Å². The van der Waals surface area contributed by atoms with E-state index in [9.17, 15) is 14.4 Å². The fourth-order valence-electron chi connectivity index (χ4n) is 0.876. The van der Waals surface area contributed by atoms with Crippen molar-refractivity contribution < 1.29 is 14.4 Å². The normalized spacial score (nSPS) is 9.56. The third-order valence-electron chi connectivity index (χ3n) is 1.48. The number of halogens is 1. The second kappa shape index (κ2) is 5.61. The van der Waals surface area contributed by atoms with Crippen molar-refractivity contribution >= 4 is 50.1 Å². The van der Waals surface area contributed by atoms with Crippen LogP contribution in [0.2, 0.25) is 0 Å². The lowest BCUT2D eigenvalue weighted by Gasteiger charge is -1.97. The SMILES string of the molecule is NC(=O)NC(=O)c1csc(NC(=O)CBr)c1. The number of alkyl halides is 1. The topological polar surface area (TPSA) is 101 Å². The maximum Gasteiger partial charge on any atom is 0.319 e. The lowest BCUT2D eigenvalue weighted by molar-refractivity contribution is -0.113. The van der Waals surface area contributed by atoms with Crippen molar-refractivity contribution in [1.29, 1.82) is 0 Å². The van der Waals surface area contributed by atoms with E-state index in [1.54, 1.807) is 0 Å². The minimum atomic E-state index is -0.915. The summed E-state index contributed by atoms with van der Waals surface area (Å²) < 4.78 is 0. The summed E-state index contributed by atoms with van der Waals surface area (Å²) in [6.07, 6.45) is 0. The smallest absolute Gasteiger partial charge is 0.319 e. The number of rotatable bonds is 3. The molecule has 4 N–H and O–H groups in total. The summed E-state index contributed by atoms with van der Waals surface area (Å²) >= 11 is 4.18. The Bertz CT molecular complexity index is 432. The van der Waals surface area contributed by atoms with Crippen molar-refractivity contribution in [3.8, 4) is 0 Å². The quantitative estimate of drug-likeness (QED) is 0.723. The molecule has 0 aliphatic rings. The minimum absolute atomic E-state index is 0.174. The molecule has 4 amide bonds. The van der Waals surface area contributed by atoms with E-state index in [4.69, 9.17) is 5.73 Å². The van der Waals surface area contributed by atoms with Crippen LogP contribution in [0, 0.1) is 0 Å². The first-order valence-electron chi connectivity index (χ1n) is 4.08. The third kappa shape index (κ3) is 3.63. The molecule has 0 fully saturated rings. The molecule has 8 heteroatoms. The van der Waals surface area contributed by atoms with Gasteiger partial charge in [-0.15, -0.1) is 11.3 Å². The Morgan fingerprint density at radius 3 is 2.69 bits per heavy atom. The number of primary amides is 1. The number of carbonyl (C=O) groups excluding carboxylic acids is 3. The number of nitrogens with one attached hydrogen (secondary N) is 2. The van der Waals surface area contributed by atoms with Gasteiger partial charge in [-0.3, -0.25) is 14.9 Å². The molecule has 1 rings (SSSR count). The highest BCUT2D eigenvalue weighted by Crippen LogP contribution is 2.20. The molecule has 1 heterocycles. The van der Waals surface area contributed by atoms with E-state index in [1.807, 2.05) is 5.32 Å². The predicted molar refractivity (Wildman–Crippen MR) is 63.8 cm³/mol. The molecule has 0 unspecified atom stereocenters. The second-order valence-electron chi connectivity index (χ2n) is 2.70. The van der Waals surface area contributed by atoms with E-state index in [-0.39, 0.29) is 16.8 Å². The first-order chi connectivity index (χ1) is 7.52. The molecule has 0 radical (unpaired) electrons. The van der Waals surface area contributed by atoms with Crippen LogP contribution < -0.4 is 16.4 Å². The van der Waals surface area contributed by atoms with Crippen molar-refractivity contribution in [2.24, 2.45) is 5.73 Å². The van der Waals surface area contributed by atoms with Crippen molar-refractivity contribution in [1.82, 2.24) is 5.32 Å². The molecule has 16 heavy (non-hydrogen) atoms. The average Bonchev–Trinajstić information content (AvgIpc) is 2.65. The molecule has 1 aromatic heterocycles. The van der Waals surface area contributed by atoms with Gasteiger partial charge in [0.2, 0.25) is 5.91 Å². The highest BCUT2D eigenvalue weighted by Gasteiger charge is 2.11. The van der Waals surface area contributed by atoms with Crippen LogP contribution in [-0.4, -0.2) is 23.2 Å². The molecule has 0 atom stereocenters. The van der Waals surface area contributed by atoms with Gasteiger partial charge in [-0.05, 0) is 6.07 Å². The number of urea groups is 1. The Labute approximate surface area is 103 Å². The van der Waals surface area contributed by atoms with Crippen LogP contribution in [0.1, 0.15) is 10.4 Å². The van der Waals surface area contributed by atoms with E-state index < -0.39 is 11.9 Å². The van der Waals surface area contributed by atoms with Crippen molar-refractivity contribution in [2.45, 2.75) is 0 Å². The molecule has 0 saturated carbocycles. The maximum atomic E-state index is 11.3. The van der Waals surface area contributed by atoms with Crippen LogP contribution in [0.25, 0.3) is 0 Å². The van der Waals surface area contributed by atoms with Gasteiger partial charge < -0.3 is 11.1 Å². The summed E-state index contributed by atoms with van der Waals surface area (Å²) in [6, 6.07) is 0.547.